The third kappa shape index (κ3) is 23.1. The molecule has 34 heteroatoms. The summed E-state index contributed by atoms with van der Waals surface area (Å²) < 4.78 is 21.4. The van der Waals surface area contributed by atoms with E-state index in [9.17, 15) is 43.2 Å². The second-order valence-corrected chi connectivity index (χ2v) is 38.5. The quantitative estimate of drug-likeness (QED) is 0.0211. The molecule has 4 atom stereocenters. The maximum absolute atomic E-state index is 13.8. The van der Waals surface area contributed by atoms with Crippen LogP contribution in [0.1, 0.15) is 193 Å². The molecule has 16 aromatic rings. The van der Waals surface area contributed by atoms with E-state index in [0.29, 0.717) is 192 Å². The van der Waals surface area contributed by atoms with Gasteiger partial charge < -0.3 is 42.5 Å². The number of ketones is 4. The summed E-state index contributed by atoms with van der Waals surface area (Å²) in [6, 6.07) is 55.5. The zero-order chi connectivity index (χ0) is 105. The Morgan fingerprint density at radius 3 is 1.02 bits per heavy atom. The molecule has 4 fully saturated rings. The molecule has 4 aliphatic heterocycles. The number of likely N-dealkylation sites (tertiary alicyclic amines) is 4. The summed E-state index contributed by atoms with van der Waals surface area (Å²) in [5.74, 6) is 1.11. The van der Waals surface area contributed by atoms with Gasteiger partial charge in [-0.2, -0.15) is 25.7 Å². The minimum Gasteiger partial charge on any atom is -0.383 e. The number of Topliss-reactive ketones (excluding diaryl/α,β-unsaturated/α-hetero) is 4. The van der Waals surface area contributed by atoms with Crippen molar-refractivity contribution >= 4 is 120 Å². The van der Waals surface area contributed by atoms with E-state index in [2.05, 4.69) is 65.8 Å². The molecule has 0 aliphatic carbocycles. The van der Waals surface area contributed by atoms with Crippen LogP contribution < -0.4 is 22.9 Å². The second-order valence-electron chi connectivity index (χ2n) is 38.1. The summed E-state index contributed by atoms with van der Waals surface area (Å²) in [6.45, 7) is 25.4. The van der Waals surface area contributed by atoms with Crippen molar-refractivity contribution in [3.8, 4) is 51.2 Å². The van der Waals surface area contributed by atoms with Gasteiger partial charge in [0.25, 0.3) is 0 Å². The molecule has 20 rings (SSSR count). The van der Waals surface area contributed by atoms with Gasteiger partial charge in [-0.05, 0) is 187 Å². The largest absolute Gasteiger partial charge is 0.383 e. The fraction of sp³-hybridized carbons (Fsp3) is 0.287. The van der Waals surface area contributed by atoms with Gasteiger partial charge in [0.1, 0.15) is 77.2 Å². The minimum atomic E-state index is -0.372. The van der Waals surface area contributed by atoms with Crippen LogP contribution in [-0.2, 0) is 40.1 Å². The first-order valence-electron chi connectivity index (χ1n) is 50.1. The van der Waals surface area contributed by atoms with Crippen LogP contribution in [0.2, 0.25) is 5.02 Å². The standard InChI is InChI=1S/C30H32N6O2.C29H29ClN6O2.C29H29FN6O2.C27H27N7O/c1-4-26(38)35-15-5-6-23(17-35)36-30-27(29(31)32-18-33-30)28(34-36)22-11-8-21(9-12-22)10-14-25(37)24-13-7-19(2)16-20(24)3;2*1-3-25(38)35-15-5-6-21(16-35)36-29-26(28(31)32-17-33-29)27(34-36)20-12-9-19(10-13-20)11-14-24(37)22-7-4-8-23(30)18(22)2;1-18-5-2-3-7-22(18)23(35)13-10-19-8-11-20(12-9-19)25-24-26(29)30-17-31-27(24)34(32-25)21-6-4-14-33(15-21)16-28/h4,7-9,11-13,16,18,23H,1,5-6,10,14-15,17H2,2-3H3,(H2,31,32,33);2*3-4,7-10,12-13,17,21H,1,5-6,11,14-16H2,2H3,(H2,31,32,33);2-3,5,7-9,11-12,17,21H,4,6,10,13-15H2,1H3,(H2,29,30,31). The highest BCUT2D eigenvalue weighted by molar-refractivity contribution is 6.32. The van der Waals surface area contributed by atoms with E-state index in [1.165, 1.54) is 49.6 Å². The predicted octanol–water partition coefficient (Wildman–Crippen LogP) is 19.1. The molecule has 8 N–H and O–H groups in total. The Bertz CT molecular complexity index is 7590. The lowest BCUT2D eigenvalue weighted by molar-refractivity contribution is -0.128. The van der Waals surface area contributed by atoms with E-state index >= 15 is 0 Å². The summed E-state index contributed by atoms with van der Waals surface area (Å²) >= 11 is 6.18. The van der Waals surface area contributed by atoms with Crippen molar-refractivity contribution < 1.29 is 38.0 Å². The Labute approximate surface area is 866 Å². The third-order valence-corrected chi connectivity index (χ3v) is 28.8. The number of hydrogen-bond acceptors (Lipinski definition) is 25. The number of piperidine rings is 4. The van der Waals surface area contributed by atoms with E-state index < -0.39 is 0 Å². The molecule has 4 unspecified atom stereocenters. The van der Waals surface area contributed by atoms with Crippen molar-refractivity contribution in [3.05, 3.63) is 322 Å². The van der Waals surface area contributed by atoms with Gasteiger partial charge in [0.15, 0.2) is 51.9 Å². The molecule has 0 saturated carbocycles. The molecule has 758 valence electrons. The van der Waals surface area contributed by atoms with E-state index in [4.69, 9.17) is 54.9 Å². The number of nitrogens with zero attached hydrogens (tertiary/aromatic N) is 21. The summed E-state index contributed by atoms with van der Waals surface area (Å²) in [6.07, 6.45) is 23.2. The van der Waals surface area contributed by atoms with Gasteiger partial charge in [-0.15, -0.1) is 0 Å². The van der Waals surface area contributed by atoms with Crippen LogP contribution in [0.5, 0.6) is 0 Å². The number of halogens is 2. The molecule has 32 nitrogen and oxygen atoms in total. The SMILES string of the molecule is C=CC(=O)N1CCCC(n2nc(-c3ccc(CCC(=O)c4ccc(C)cc4C)cc3)c3c(N)ncnc32)C1.C=CC(=O)N1CCCC(n2nc(-c3ccc(CCC(=O)c4cccc(Cl)c4C)cc3)c3c(N)ncnc32)C1.C=CC(=O)N1CCCC(n2nc(-c3ccc(CCC(=O)c4cccc(F)c4C)cc3)c3c(N)ncnc32)C1.Cc1ccccc1C(=O)CCc1ccc(-c2nn(C3CCCN(C#N)C3)c3ncnc(N)c23)cc1. The predicted molar refractivity (Wildman–Crippen MR) is 576 cm³/mol. The fourth-order valence-electron chi connectivity index (χ4n) is 20.2. The average molecular weight is 2020 g/mol. The van der Waals surface area contributed by atoms with Crippen molar-refractivity contribution in [3.63, 3.8) is 0 Å². The fourth-order valence-corrected chi connectivity index (χ4v) is 20.4. The number of aryl methyl sites for hydroxylation is 7. The average Bonchev–Trinajstić information content (AvgIpc) is 1.62. The third-order valence-electron chi connectivity index (χ3n) is 28.4. The lowest BCUT2D eigenvalue weighted by atomic mass is 9.97. The van der Waals surface area contributed by atoms with Gasteiger partial charge in [-0.1, -0.05) is 201 Å². The van der Waals surface area contributed by atoms with Gasteiger partial charge in [-0.3, -0.25) is 33.6 Å². The van der Waals surface area contributed by atoms with Crippen LogP contribution in [0.25, 0.3) is 89.2 Å². The number of hydrogen-bond donors (Lipinski definition) is 4. The van der Waals surface area contributed by atoms with Gasteiger partial charge in [0.2, 0.25) is 17.7 Å². The number of nitriles is 1. The number of nitrogen functional groups attached to an aromatic ring is 4. The number of aromatic nitrogens is 16. The van der Waals surface area contributed by atoms with Crippen LogP contribution in [0, 0.1) is 51.9 Å². The Hall–Kier alpha value is -17.0. The van der Waals surface area contributed by atoms with E-state index in [1.807, 2.05) is 192 Å². The Balaban J connectivity index is 0.000000135. The Morgan fingerprint density at radius 1 is 0.376 bits per heavy atom. The minimum absolute atomic E-state index is 0.0197. The number of nitrogens with two attached hydrogens (primary N) is 4. The smallest absolute Gasteiger partial charge is 0.246 e. The van der Waals surface area contributed by atoms with Crippen molar-refractivity contribution in [2.45, 2.75) is 162 Å². The summed E-state index contributed by atoms with van der Waals surface area (Å²) in [5.41, 5.74) is 45.3. The summed E-state index contributed by atoms with van der Waals surface area (Å²) in [5, 5.41) is 32.4. The Morgan fingerprint density at radius 2 is 0.685 bits per heavy atom. The van der Waals surface area contributed by atoms with Gasteiger partial charge in [0, 0.05) is 121 Å². The summed E-state index contributed by atoms with van der Waals surface area (Å²) in [7, 11) is 0. The topological polar surface area (TPSA) is 435 Å². The van der Waals surface area contributed by atoms with Gasteiger partial charge in [-0.25, -0.2) is 63.0 Å². The number of rotatable bonds is 27. The summed E-state index contributed by atoms with van der Waals surface area (Å²) in [4.78, 5) is 129. The number of carbonyl (C=O) groups excluding carboxylic acids is 7. The van der Waals surface area contributed by atoms with Crippen molar-refractivity contribution in [2.75, 3.05) is 75.3 Å². The van der Waals surface area contributed by atoms with Crippen molar-refractivity contribution in [1.29, 1.82) is 5.26 Å². The lowest BCUT2D eigenvalue weighted by Gasteiger charge is -2.32. The first-order valence-corrected chi connectivity index (χ1v) is 50.5. The zero-order valence-electron chi connectivity index (χ0n) is 84.0. The number of benzene rings is 8. The molecule has 0 bridgehead atoms. The highest BCUT2D eigenvalue weighted by Gasteiger charge is 2.35. The molecule has 0 radical (unpaired) electrons. The van der Waals surface area contributed by atoms with Crippen LogP contribution >= 0.6 is 11.6 Å². The lowest BCUT2D eigenvalue weighted by Crippen LogP contribution is -2.40. The number of amides is 3. The van der Waals surface area contributed by atoms with Crippen LogP contribution in [0.15, 0.2) is 239 Å². The van der Waals surface area contributed by atoms with Crippen LogP contribution in [-0.4, -0.2) is 192 Å². The first-order chi connectivity index (χ1) is 72.1. The molecule has 12 heterocycles. The van der Waals surface area contributed by atoms with E-state index in [0.717, 1.165) is 147 Å². The normalized spacial score (nSPS) is 15.6. The first kappa shape index (κ1) is 103. The maximum Gasteiger partial charge on any atom is 0.246 e. The number of fused-ring (bicyclic) bond motifs is 4. The molecule has 0 spiro atoms. The van der Waals surface area contributed by atoms with Crippen molar-refractivity contribution in [1.82, 2.24) is 98.6 Å². The molecular weight excluding hydrogens is 1900 g/mol. The van der Waals surface area contributed by atoms with E-state index in [1.54, 1.807) is 50.8 Å². The molecule has 149 heavy (non-hydrogen) atoms. The molecule has 8 aromatic heterocycles. The second kappa shape index (κ2) is 46.6. The monoisotopic (exact) mass is 2010 g/mol. The molecule has 4 saturated heterocycles. The molecule has 8 aromatic carbocycles. The van der Waals surface area contributed by atoms with Crippen LogP contribution in [0.3, 0.4) is 0 Å². The van der Waals surface area contributed by atoms with Gasteiger partial charge >= 0.3 is 0 Å². The molecular formula is C115H117ClFN25O7. The van der Waals surface area contributed by atoms with Crippen LogP contribution in [0.4, 0.5) is 27.7 Å². The highest BCUT2D eigenvalue weighted by atomic mass is 35.5. The Kier molecular flexibility index (Phi) is 32.3. The maximum atomic E-state index is 13.8. The zero-order valence-corrected chi connectivity index (χ0v) is 84.8. The molecule has 4 aliphatic rings. The van der Waals surface area contributed by atoms with E-state index in [-0.39, 0.29) is 77.3 Å². The van der Waals surface area contributed by atoms with Crippen molar-refractivity contribution in [2.24, 2.45) is 0 Å². The highest BCUT2D eigenvalue weighted by Crippen LogP contribution is 2.41. The molecule has 3 amide bonds. The number of carbonyl (C=O) groups is 7. The van der Waals surface area contributed by atoms with Gasteiger partial charge in [0.05, 0.1) is 52.3 Å². The number of anilines is 4.